The zero-order valence-electron chi connectivity index (χ0n) is 24.8. The first kappa shape index (κ1) is 33.3. The molecule has 248 valence electrons. The molecule has 2 aromatic rings. The largest absolute Gasteiger partial charge is 0.497 e. The third-order valence-electron chi connectivity index (χ3n) is 8.21. The Morgan fingerprint density at radius 2 is 1.56 bits per heavy atom. The smallest absolute Gasteiger partial charge is 0.229 e. The van der Waals surface area contributed by atoms with E-state index in [2.05, 4.69) is 0 Å². The number of carbonyl (C=O) groups excluding carboxylic acids is 1. The van der Waals surface area contributed by atoms with E-state index in [1.807, 2.05) is 0 Å². The van der Waals surface area contributed by atoms with Crippen LogP contribution >= 0.6 is 0 Å². The molecule has 2 saturated heterocycles. The van der Waals surface area contributed by atoms with Crippen LogP contribution in [0.2, 0.25) is 0 Å². The number of carbonyl (C=O) groups is 1. The van der Waals surface area contributed by atoms with Gasteiger partial charge in [-0.2, -0.15) is 0 Å². The van der Waals surface area contributed by atoms with Crippen LogP contribution in [0.4, 0.5) is 0 Å². The summed E-state index contributed by atoms with van der Waals surface area (Å²) in [4.78, 5) is 13.9. The number of rotatable bonds is 9. The van der Waals surface area contributed by atoms with Gasteiger partial charge in [0.1, 0.15) is 71.8 Å². The first-order valence-corrected chi connectivity index (χ1v) is 14.3. The van der Waals surface area contributed by atoms with Gasteiger partial charge >= 0.3 is 0 Å². The van der Waals surface area contributed by atoms with Gasteiger partial charge in [0.25, 0.3) is 0 Å². The van der Waals surface area contributed by atoms with Gasteiger partial charge in [-0.1, -0.05) is 12.1 Å². The van der Waals surface area contributed by atoms with Crippen LogP contribution in [-0.2, 0) is 20.6 Å². The van der Waals surface area contributed by atoms with Crippen molar-refractivity contribution in [2.75, 3.05) is 27.4 Å². The molecule has 5 rings (SSSR count). The Morgan fingerprint density at radius 3 is 2.20 bits per heavy atom. The fourth-order valence-corrected chi connectivity index (χ4v) is 5.52. The number of hydrogen-bond donors (Lipinski definition) is 7. The summed E-state index contributed by atoms with van der Waals surface area (Å²) in [5.41, 5.74) is -1.58. The van der Waals surface area contributed by atoms with Crippen LogP contribution in [0.5, 0.6) is 23.0 Å². The minimum atomic E-state index is -2.02. The SMILES string of the molecule is COc1ccc(C[C@]2(O)COc3cc(OC)cc(O[C@@H]4O[C@@H](CO)[C@@H](O)[C@H](O)[C@@H]4O[C@H]4O[C@H](C)[C@@H](O)[C@H](O)[C@H]4O)c3C2=O)cc1. The van der Waals surface area contributed by atoms with Crippen molar-refractivity contribution in [2.24, 2.45) is 0 Å². The highest BCUT2D eigenvalue weighted by atomic mass is 16.8. The van der Waals surface area contributed by atoms with Gasteiger partial charge in [-0.05, 0) is 24.6 Å². The van der Waals surface area contributed by atoms with Gasteiger partial charge in [-0.15, -0.1) is 0 Å². The van der Waals surface area contributed by atoms with E-state index in [0.717, 1.165) is 0 Å². The molecule has 0 spiro atoms. The van der Waals surface area contributed by atoms with Crippen molar-refractivity contribution in [1.29, 1.82) is 0 Å². The molecule has 45 heavy (non-hydrogen) atoms. The van der Waals surface area contributed by atoms with E-state index in [4.69, 9.17) is 33.2 Å². The van der Waals surface area contributed by atoms with E-state index in [1.165, 1.54) is 33.3 Å². The molecule has 11 atom stereocenters. The maximum absolute atomic E-state index is 13.9. The predicted molar refractivity (Wildman–Crippen MR) is 150 cm³/mol. The molecular formula is C30H38O15. The summed E-state index contributed by atoms with van der Waals surface area (Å²) in [5, 5.41) is 73.7. The second kappa shape index (κ2) is 13.3. The maximum atomic E-state index is 13.9. The second-order valence-corrected chi connectivity index (χ2v) is 11.3. The van der Waals surface area contributed by atoms with Crippen molar-refractivity contribution >= 4 is 5.78 Å². The summed E-state index contributed by atoms with van der Waals surface area (Å²) in [6, 6.07) is 9.51. The molecule has 15 nitrogen and oxygen atoms in total. The minimum Gasteiger partial charge on any atom is -0.497 e. The fraction of sp³-hybridized carbons (Fsp3) is 0.567. The van der Waals surface area contributed by atoms with Gasteiger partial charge in [0.05, 0.1) is 26.9 Å². The van der Waals surface area contributed by atoms with Gasteiger partial charge in [0.15, 0.2) is 18.0 Å². The lowest BCUT2D eigenvalue weighted by Crippen LogP contribution is -2.64. The van der Waals surface area contributed by atoms with E-state index in [1.54, 1.807) is 24.3 Å². The Kier molecular flexibility index (Phi) is 9.86. The zero-order chi connectivity index (χ0) is 32.6. The van der Waals surface area contributed by atoms with Gasteiger partial charge in [-0.3, -0.25) is 4.79 Å². The fourth-order valence-electron chi connectivity index (χ4n) is 5.52. The molecule has 7 N–H and O–H groups in total. The lowest BCUT2D eigenvalue weighted by molar-refractivity contribution is -0.354. The van der Waals surface area contributed by atoms with Crippen molar-refractivity contribution in [1.82, 2.24) is 0 Å². The van der Waals surface area contributed by atoms with Crippen LogP contribution in [0.25, 0.3) is 0 Å². The number of aliphatic hydroxyl groups is 7. The number of methoxy groups -OCH3 is 2. The normalized spacial score (nSPS) is 36.5. The molecule has 0 unspecified atom stereocenters. The quantitative estimate of drug-likeness (QED) is 0.162. The molecule has 2 aromatic carbocycles. The van der Waals surface area contributed by atoms with Crippen LogP contribution < -0.4 is 18.9 Å². The molecule has 0 aliphatic carbocycles. The predicted octanol–water partition coefficient (Wildman–Crippen LogP) is -1.72. The lowest BCUT2D eigenvalue weighted by atomic mass is 9.85. The number of fused-ring (bicyclic) bond motifs is 1. The summed E-state index contributed by atoms with van der Waals surface area (Å²) in [6.07, 6.45) is -15.8. The van der Waals surface area contributed by atoms with E-state index in [9.17, 15) is 40.5 Å². The monoisotopic (exact) mass is 638 g/mol. The van der Waals surface area contributed by atoms with Crippen molar-refractivity contribution in [3.8, 4) is 23.0 Å². The Morgan fingerprint density at radius 1 is 0.867 bits per heavy atom. The first-order valence-electron chi connectivity index (χ1n) is 14.3. The zero-order valence-corrected chi connectivity index (χ0v) is 24.8. The Bertz CT molecular complexity index is 1340. The van der Waals surface area contributed by atoms with Crippen molar-refractivity contribution in [2.45, 2.75) is 80.4 Å². The molecule has 0 bridgehead atoms. The third kappa shape index (κ3) is 6.46. The average Bonchev–Trinajstić information content (AvgIpc) is 3.04. The van der Waals surface area contributed by atoms with Crippen LogP contribution in [0.15, 0.2) is 36.4 Å². The minimum absolute atomic E-state index is 0.0262. The number of hydrogen-bond acceptors (Lipinski definition) is 15. The van der Waals surface area contributed by atoms with E-state index < -0.39 is 79.4 Å². The van der Waals surface area contributed by atoms with Crippen LogP contribution in [-0.4, -0.2) is 136 Å². The molecule has 3 heterocycles. The summed E-state index contributed by atoms with van der Waals surface area (Å²) in [6.45, 7) is 0.300. The number of ether oxygens (including phenoxy) is 7. The summed E-state index contributed by atoms with van der Waals surface area (Å²) in [7, 11) is 2.88. The molecule has 3 aliphatic rings. The number of benzene rings is 2. The standard InChI is InChI=1S/C30H38O15/c1-13-21(32)23(34)25(36)28(42-13)45-26-24(35)22(33)19(11-31)44-29(26)43-18-9-16(40-3)8-17-20(18)27(37)30(38,12-41-17)10-14-4-6-15(39-2)7-5-14/h4-9,13,19,21-26,28-29,31-36,38H,10-12H2,1-3H3/t13-,19+,21-,22-,23+,24+,25-,26+,28-,29-,30+/m1/s1. The second-order valence-electron chi connectivity index (χ2n) is 11.3. The van der Waals surface area contributed by atoms with Gasteiger partial charge in [-0.25, -0.2) is 0 Å². The van der Waals surface area contributed by atoms with E-state index >= 15 is 0 Å². The lowest BCUT2D eigenvalue weighted by Gasteiger charge is -2.45. The number of ketones is 1. The molecule has 2 fully saturated rings. The Hall–Kier alpha value is -3.09. The average molecular weight is 639 g/mol. The van der Waals surface area contributed by atoms with E-state index in [-0.39, 0.29) is 35.8 Å². The highest BCUT2D eigenvalue weighted by Gasteiger charge is 2.52. The van der Waals surface area contributed by atoms with Crippen LogP contribution in [0.1, 0.15) is 22.8 Å². The first-order chi connectivity index (χ1) is 21.4. The highest BCUT2D eigenvalue weighted by molar-refractivity contribution is 6.08. The summed E-state index contributed by atoms with van der Waals surface area (Å²) < 4.78 is 39.4. The molecule has 3 aliphatic heterocycles. The van der Waals surface area contributed by atoms with E-state index in [0.29, 0.717) is 11.3 Å². The van der Waals surface area contributed by atoms with Gasteiger partial charge in [0.2, 0.25) is 12.1 Å². The molecular weight excluding hydrogens is 600 g/mol. The van der Waals surface area contributed by atoms with Crippen molar-refractivity contribution in [3.63, 3.8) is 0 Å². The van der Waals surface area contributed by atoms with Crippen LogP contribution in [0, 0.1) is 0 Å². The highest BCUT2D eigenvalue weighted by Crippen LogP contribution is 2.42. The summed E-state index contributed by atoms with van der Waals surface area (Å²) >= 11 is 0. The molecule has 0 amide bonds. The van der Waals surface area contributed by atoms with Crippen molar-refractivity contribution < 1.29 is 73.7 Å². The topological polar surface area (TPSA) is 223 Å². The molecule has 0 radical (unpaired) electrons. The third-order valence-corrected chi connectivity index (χ3v) is 8.21. The molecule has 15 heteroatoms. The Balaban J connectivity index is 1.47. The van der Waals surface area contributed by atoms with Gasteiger partial charge in [0, 0.05) is 18.6 Å². The molecule has 0 aromatic heterocycles. The number of aliphatic hydroxyl groups excluding tert-OH is 6. The molecule has 0 saturated carbocycles. The van der Waals surface area contributed by atoms with Gasteiger partial charge < -0.3 is 68.9 Å². The Labute approximate surface area is 258 Å². The summed E-state index contributed by atoms with van der Waals surface area (Å²) in [5.74, 6) is -0.147. The van der Waals surface area contributed by atoms with Crippen LogP contribution in [0.3, 0.4) is 0 Å². The maximum Gasteiger partial charge on any atom is 0.229 e. The van der Waals surface area contributed by atoms with Crippen molar-refractivity contribution in [3.05, 3.63) is 47.5 Å². The number of Topliss-reactive ketones (excluding diaryl/α,β-unsaturated/α-hetero) is 1.